The zero-order valence-corrected chi connectivity index (χ0v) is 37.4. The molecule has 348 valence electrons. The molecule has 0 aromatic carbocycles. The maximum absolute atomic E-state index is 14.3. The number of methoxy groups -OCH3 is 3. The molecule has 2 bridgehead atoms. The van der Waals surface area contributed by atoms with Gasteiger partial charge in [0.15, 0.2) is 0 Å². The van der Waals surface area contributed by atoms with E-state index in [2.05, 4.69) is 19.4 Å². The summed E-state index contributed by atoms with van der Waals surface area (Å²) >= 11 is 0. The van der Waals surface area contributed by atoms with Crippen LogP contribution in [0.3, 0.4) is 0 Å². The van der Waals surface area contributed by atoms with Crippen LogP contribution < -0.4 is 0 Å². The Hall–Kier alpha value is -3.00. The van der Waals surface area contributed by atoms with Crippen molar-refractivity contribution in [2.45, 2.75) is 174 Å². The molecule has 3 aliphatic heterocycles. The molecule has 14 atom stereocenters. The molecule has 0 aromatic rings. The molecular formula is C47H78N2O12. The lowest BCUT2D eigenvalue weighted by Crippen LogP contribution is -2.64. The van der Waals surface area contributed by atoms with Gasteiger partial charge in [-0.15, -0.1) is 6.42 Å². The van der Waals surface area contributed by atoms with Gasteiger partial charge in [-0.2, -0.15) is 0 Å². The van der Waals surface area contributed by atoms with Gasteiger partial charge in [0.25, 0.3) is 11.7 Å². The fourth-order valence-corrected chi connectivity index (χ4v) is 9.44. The molecule has 1 amide bonds. The van der Waals surface area contributed by atoms with Gasteiger partial charge in [0.2, 0.25) is 5.79 Å². The van der Waals surface area contributed by atoms with Crippen molar-refractivity contribution in [3.63, 3.8) is 0 Å². The molecule has 2 saturated heterocycles. The van der Waals surface area contributed by atoms with Gasteiger partial charge in [-0.3, -0.25) is 9.59 Å². The number of esters is 1. The molecule has 1 aliphatic carbocycles. The number of hydrogen-bond donors (Lipinski definition) is 5. The number of aliphatic hydroxyl groups excluding tert-OH is 3. The maximum atomic E-state index is 14.3. The minimum Gasteiger partial charge on any atom is -0.456 e. The largest absolute Gasteiger partial charge is 0.456 e. The average molecular weight is 863 g/mol. The number of terminal acetylenes is 1. The summed E-state index contributed by atoms with van der Waals surface area (Å²) in [7, 11) is 4.67. The Kier molecular flexibility index (Phi) is 22.5. The van der Waals surface area contributed by atoms with Crippen LogP contribution in [0.1, 0.15) is 120 Å². The number of allylic oxidation sites excluding steroid dienone is 3. The van der Waals surface area contributed by atoms with Crippen molar-refractivity contribution in [3.8, 4) is 12.3 Å². The molecule has 0 spiro atoms. The Labute approximate surface area is 365 Å². The third-order valence-electron chi connectivity index (χ3n) is 13.0. The number of hydrogen-bond acceptors (Lipinski definition) is 13. The Morgan fingerprint density at radius 3 is 2.20 bits per heavy atom. The quantitative estimate of drug-likeness (QED) is 0.102. The molecule has 0 radical (unpaired) electrons. The second-order valence-electron chi connectivity index (χ2n) is 17.6. The molecule has 3 fully saturated rings. The smallest absolute Gasteiger partial charge is 0.329 e. The first-order valence-electron chi connectivity index (χ1n) is 21.8. The summed E-state index contributed by atoms with van der Waals surface area (Å²) in [5, 5.41) is 50.9. The maximum Gasteiger partial charge on any atom is 0.329 e. The number of ketones is 1. The highest BCUT2D eigenvalue weighted by atomic mass is 16.7. The van der Waals surface area contributed by atoms with Crippen molar-refractivity contribution < 1.29 is 58.5 Å². The summed E-state index contributed by atoms with van der Waals surface area (Å²) in [6.45, 7) is 11.4. The van der Waals surface area contributed by atoms with Crippen LogP contribution in [-0.4, -0.2) is 138 Å². The Balaban J connectivity index is 0.00000245. The summed E-state index contributed by atoms with van der Waals surface area (Å²) in [4.78, 5) is 43.9. The van der Waals surface area contributed by atoms with Gasteiger partial charge >= 0.3 is 5.97 Å². The third kappa shape index (κ3) is 14.0. The predicted octanol–water partition coefficient (Wildman–Crippen LogP) is 5.17. The third-order valence-corrected chi connectivity index (χ3v) is 13.0. The second kappa shape index (κ2) is 25.3. The van der Waals surface area contributed by atoms with Crippen molar-refractivity contribution >= 4 is 23.4 Å². The van der Waals surface area contributed by atoms with Crippen LogP contribution >= 0.6 is 0 Å². The van der Waals surface area contributed by atoms with Crippen LogP contribution in [0.25, 0.3) is 0 Å². The van der Waals surface area contributed by atoms with E-state index < -0.39 is 77.9 Å². The van der Waals surface area contributed by atoms with E-state index in [0.717, 1.165) is 5.57 Å². The number of rotatable bonds is 6. The Morgan fingerprint density at radius 1 is 0.984 bits per heavy atom. The molecular weight excluding hydrogens is 785 g/mol. The van der Waals surface area contributed by atoms with Crippen LogP contribution in [0.15, 0.2) is 23.3 Å². The zero-order chi connectivity index (χ0) is 44.9. The zero-order valence-electron chi connectivity index (χ0n) is 37.4. The number of carbonyl (C=O) groups excluding carboxylic acids is 3. The van der Waals surface area contributed by atoms with Gasteiger partial charge < -0.3 is 54.4 Å². The van der Waals surface area contributed by atoms with E-state index >= 15 is 0 Å². The molecule has 5 N–H and O–H groups in total. The SMILES string of the molecule is C.C#CCO.CC[C@@H]1/C=C(\C)C[C@H](C)C[C@H](OC)[C@H]2O[C@@](O)(C(=O)C(=O)N3CCCC[C@H]3C(=O)O[C@H](/C(C)=C/[C@@H]3CC[C@@H](O)[C@H](OC)C3)[C@H](C)[C@@H](O)CC1=N)[C@H](C)C[C@@H]2OC. The van der Waals surface area contributed by atoms with E-state index in [-0.39, 0.29) is 63.7 Å². The minimum absolute atomic E-state index is 0. The number of cyclic esters (lactones) is 1. The Morgan fingerprint density at radius 2 is 1.61 bits per heavy atom. The lowest BCUT2D eigenvalue weighted by atomic mass is 9.81. The fourth-order valence-electron chi connectivity index (χ4n) is 9.44. The number of nitrogens with zero attached hydrogens (tertiary/aromatic N) is 1. The van der Waals surface area contributed by atoms with Gasteiger partial charge in [0.1, 0.15) is 24.9 Å². The van der Waals surface area contributed by atoms with Crippen molar-refractivity contribution in [3.05, 3.63) is 23.3 Å². The molecule has 14 nitrogen and oxygen atoms in total. The molecule has 0 unspecified atom stereocenters. The molecule has 3 heterocycles. The van der Waals surface area contributed by atoms with Crippen LogP contribution in [0.4, 0.5) is 0 Å². The molecule has 0 aromatic heterocycles. The topological polar surface area (TPSA) is 205 Å². The van der Waals surface area contributed by atoms with Crippen molar-refractivity contribution in [1.82, 2.24) is 4.90 Å². The standard InChI is InChI=1S/C43H70N2O11.C3H4O.CH4/c1-10-30-18-24(2)17-25(3)19-36(53-8)39-37(54-9)21-27(5)43(51,56-39)40(48)41(49)45-16-12-11-13-32(45)42(50)55-38(28(6)34(47)23-31(30)44)26(4)20-29-14-15-33(46)35(22-29)52-7;1-2-3-4;/h18,20,25,27-30,32-39,44,46-47,51H,10-17,19,21-23H2,1-9H3;1,4H,3H2;1H4/b24-18+,26-20+,44-31?;;/t25-,27+,28+,29-,30+,32-,33+,34-,35+,36-,37-,38+,39+,43+;;/m0../s1. The van der Waals surface area contributed by atoms with Crippen molar-refractivity contribution in [2.24, 2.45) is 29.6 Å². The first-order chi connectivity index (χ1) is 28.4. The summed E-state index contributed by atoms with van der Waals surface area (Å²) in [5.41, 5.74) is 2.16. The number of piperidine rings is 1. The van der Waals surface area contributed by atoms with Crippen molar-refractivity contribution in [2.75, 3.05) is 34.5 Å². The summed E-state index contributed by atoms with van der Waals surface area (Å²) in [5.74, 6) is -4.93. The second-order valence-corrected chi connectivity index (χ2v) is 17.6. The van der Waals surface area contributed by atoms with Gasteiger partial charge in [-0.1, -0.05) is 58.8 Å². The summed E-state index contributed by atoms with van der Waals surface area (Å²) in [6, 6.07) is -1.11. The van der Waals surface area contributed by atoms with Gasteiger partial charge in [-0.05, 0) is 95.5 Å². The number of nitrogens with one attached hydrogen (secondary N) is 1. The van der Waals surface area contributed by atoms with Crippen LogP contribution in [0.2, 0.25) is 0 Å². The normalized spacial score (nSPS) is 38.5. The van der Waals surface area contributed by atoms with Gasteiger partial charge in [-0.25, -0.2) is 4.79 Å². The van der Waals surface area contributed by atoms with Gasteiger partial charge in [0.05, 0.1) is 30.5 Å². The number of aliphatic hydroxyl groups is 4. The molecule has 4 rings (SSSR count). The van der Waals surface area contributed by atoms with Crippen molar-refractivity contribution in [1.29, 1.82) is 5.41 Å². The predicted molar refractivity (Wildman–Crippen MR) is 233 cm³/mol. The van der Waals surface area contributed by atoms with E-state index in [9.17, 15) is 29.7 Å². The highest BCUT2D eigenvalue weighted by molar-refractivity contribution is 6.39. The Bertz CT molecular complexity index is 1540. The number of ether oxygens (including phenoxy) is 5. The molecule has 14 heteroatoms. The summed E-state index contributed by atoms with van der Waals surface area (Å²) < 4.78 is 29.8. The monoisotopic (exact) mass is 863 g/mol. The number of fused-ring (bicyclic) bond motifs is 3. The molecule has 4 aliphatic rings. The average Bonchev–Trinajstić information content (AvgIpc) is 3.23. The van der Waals surface area contributed by atoms with Crippen LogP contribution in [0.5, 0.6) is 0 Å². The number of carbonyl (C=O) groups is 3. The lowest BCUT2D eigenvalue weighted by Gasteiger charge is -2.47. The van der Waals surface area contributed by atoms with Crippen LogP contribution in [0, 0.1) is 47.3 Å². The first kappa shape index (κ1) is 54.1. The highest BCUT2D eigenvalue weighted by Crippen LogP contribution is 2.39. The molecule has 61 heavy (non-hydrogen) atoms. The summed E-state index contributed by atoms with van der Waals surface area (Å²) in [6.07, 6.45) is 9.23. The molecule has 1 saturated carbocycles. The minimum atomic E-state index is -2.49. The number of amides is 1. The van der Waals surface area contributed by atoms with E-state index in [1.807, 2.05) is 32.8 Å². The van der Waals surface area contributed by atoms with E-state index in [1.165, 1.54) is 4.90 Å². The first-order valence-corrected chi connectivity index (χ1v) is 21.8. The van der Waals surface area contributed by atoms with Crippen LogP contribution in [-0.2, 0) is 38.1 Å². The van der Waals surface area contributed by atoms with E-state index in [0.29, 0.717) is 62.7 Å². The van der Waals surface area contributed by atoms with Gasteiger partial charge in [0, 0.05) is 57.8 Å². The van der Waals surface area contributed by atoms with E-state index in [1.54, 1.807) is 35.2 Å². The number of Topliss-reactive ketones (excluding diaryl/α,β-unsaturated/α-hetero) is 1. The van der Waals surface area contributed by atoms with E-state index in [4.69, 9.17) is 34.2 Å². The highest BCUT2D eigenvalue weighted by Gasteiger charge is 2.56. The fraction of sp³-hybridized carbons (Fsp3) is 0.787. The lowest BCUT2D eigenvalue weighted by molar-refractivity contribution is -0.302.